The highest BCUT2D eigenvalue weighted by Gasteiger charge is 2.08. The van der Waals surface area contributed by atoms with Gasteiger partial charge in [0.05, 0.1) is 11.3 Å². The van der Waals surface area contributed by atoms with E-state index in [1.54, 1.807) is 30.7 Å². The molecule has 0 saturated heterocycles. The first-order valence-corrected chi connectivity index (χ1v) is 6.20. The van der Waals surface area contributed by atoms with E-state index in [1.165, 1.54) is 0 Å². The Hall–Kier alpha value is -2.26. The van der Waals surface area contributed by atoms with E-state index in [0.717, 1.165) is 11.3 Å². The molecule has 0 radical (unpaired) electrons. The molecule has 94 valence electrons. The van der Waals surface area contributed by atoms with Gasteiger partial charge in [-0.05, 0) is 29.8 Å². The predicted molar refractivity (Wildman–Crippen MR) is 75.7 cm³/mol. The molecule has 0 aliphatic carbocycles. The van der Waals surface area contributed by atoms with E-state index in [4.69, 9.17) is 11.6 Å². The smallest absolute Gasteiger partial charge is 0.124 e. The monoisotopic (exact) mass is 270 g/mol. The van der Waals surface area contributed by atoms with Gasteiger partial charge in [0.2, 0.25) is 0 Å². The standard InChI is InChI=1S/C15H11ClN2O/c16-13-2-1-3-14(19)15(13)11-4-6-12(7-5-11)18-9-8-17-10-18/h1-10,19H. The maximum atomic E-state index is 9.90. The predicted octanol–water partition coefficient (Wildman–Crippen LogP) is 3.90. The summed E-state index contributed by atoms with van der Waals surface area (Å²) in [5, 5.41) is 10.4. The topological polar surface area (TPSA) is 38.0 Å². The van der Waals surface area contributed by atoms with Crippen molar-refractivity contribution >= 4 is 11.6 Å². The second-order valence-electron chi connectivity index (χ2n) is 4.15. The number of rotatable bonds is 2. The minimum Gasteiger partial charge on any atom is -0.507 e. The van der Waals surface area contributed by atoms with Gasteiger partial charge in [-0.15, -0.1) is 0 Å². The Labute approximate surface area is 115 Å². The summed E-state index contributed by atoms with van der Waals surface area (Å²) in [6.45, 7) is 0. The Kier molecular flexibility index (Phi) is 2.97. The molecule has 3 aromatic rings. The van der Waals surface area contributed by atoms with Gasteiger partial charge < -0.3 is 9.67 Å². The average Bonchev–Trinajstić information content (AvgIpc) is 2.93. The van der Waals surface area contributed by atoms with Crippen molar-refractivity contribution < 1.29 is 5.11 Å². The van der Waals surface area contributed by atoms with Crippen LogP contribution in [0.5, 0.6) is 5.75 Å². The third kappa shape index (κ3) is 2.20. The number of benzene rings is 2. The second-order valence-corrected chi connectivity index (χ2v) is 4.56. The number of hydrogen-bond donors (Lipinski definition) is 1. The van der Waals surface area contributed by atoms with Crippen molar-refractivity contribution in [2.75, 3.05) is 0 Å². The fourth-order valence-corrected chi connectivity index (χ4v) is 2.29. The molecule has 4 heteroatoms. The number of aromatic nitrogens is 2. The lowest BCUT2D eigenvalue weighted by Crippen LogP contribution is -1.89. The van der Waals surface area contributed by atoms with Crippen molar-refractivity contribution in [2.24, 2.45) is 0 Å². The van der Waals surface area contributed by atoms with Gasteiger partial charge in [-0.2, -0.15) is 0 Å². The number of hydrogen-bond acceptors (Lipinski definition) is 2. The van der Waals surface area contributed by atoms with Crippen LogP contribution >= 0.6 is 11.6 Å². The maximum absolute atomic E-state index is 9.90. The van der Waals surface area contributed by atoms with E-state index in [0.29, 0.717) is 10.6 Å². The van der Waals surface area contributed by atoms with Crippen LogP contribution in [0, 0.1) is 0 Å². The lowest BCUT2D eigenvalue weighted by atomic mass is 10.0. The Balaban J connectivity index is 2.04. The van der Waals surface area contributed by atoms with Crippen LogP contribution in [0.3, 0.4) is 0 Å². The van der Waals surface area contributed by atoms with Gasteiger partial charge in [-0.25, -0.2) is 4.98 Å². The molecular formula is C15H11ClN2O. The van der Waals surface area contributed by atoms with Crippen molar-refractivity contribution in [1.29, 1.82) is 0 Å². The Morgan fingerprint density at radius 2 is 1.84 bits per heavy atom. The fourth-order valence-electron chi connectivity index (χ4n) is 2.01. The molecule has 0 aliphatic rings. The molecule has 19 heavy (non-hydrogen) atoms. The molecule has 1 N–H and O–H groups in total. The Morgan fingerprint density at radius 1 is 1.05 bits per heavy atom. The summed E-state index contributed by atoms with van der Waals surface area (Å²) in [5.41, 5.74) is 2.54. The highest BCUT2D eigenvalue weighted by Crippen LogP contribution is 2.35. The maximum Gasteiger partial charge on any atom is 0.124 e. The van der Waals surface area contributed by atoms with Crippen LogP contribution in [-0.4, -0.2) is 14.7 Å². The van der Waals surface area contributed by atoms with E-state index in [-0.39, 0.29) is 5.75 Å². The zero-order chi connectivity index (χ0) is 13.2. The molecule has 0 atom stereocenters. The highest BCUT2D eigenvalue weighted by atomic mass is 35.5. The van der Waals surface area contributed by atoms with Gasteiger partial charge in [-0.1, -0.05) is 29.8 Å². The molecule has 2 aromatic carbocycles. The van der Waals surface area contributed by atoms with Crippen molar-refractivity contribution in [3.05, 3.63) is 66.2 Å². The molecule has 0 saturated carbocycles. The van der Waals surface area contributed by atoms with E-state index < -0.39 is 0 Å². The molecule has 0 bridgehead atoms. The SMILES string of the molecule is Oc1cccc(Cl)c1-c1ccc(-n2ccnc2)cc1. The van der Waals surface area contributed by atoms with Crippen LogP contribution in [0.1, 0.15) is 0 Å². The first-order valence-electron chi connectivity index (χ1n) is 5.82. The van der Waals surface area contributed by atoms with Gasteiger partial charge in [0, 0.05) is 23.6 Å². The first kappa shape index (κ1) is 11.8. The van der Waals surface area contributed by atoms with Gasteiger partial charge in [0.1, 0.15) is 5.75 Å². The summed E-state index contributed by atoms with van der Waals surface area (Å²) in [6, 6.07) is 12.9. The molecule has 0 spiro atoms. The van der Waals surface area contributed by atoms with Crippen LogP contribution in [-0.2, 0) is 0 Å². The average molecular weight is 271 g/mol. The van der Waals surface area contributed by atoms with Gasteiger partial charge in [-0.3, -0.25) is 0 Å². The summed E-state index contributed by atoms with van der Waals surface area (Å²) >= 11 is 6.13. The lowest BCUT2D eigenvalue weighted by Gasteiger charge is -2.08. The molecule has 0 amide bonds. The molecule has 1 aromatic heterocycles. The quantitative estimate of drug-likeness (QED) is 0.767. The van der Waals surface area contributed by atoms with Crippen LogP contribution in [0.2, 0.25) is 5.02 Å². The number of phenolic OH excluding ortho intramolecular Hbond substituents is 1. The third-order valence-corrected chi connectivity index (χ3v) is 3.27. The molecule has 0 unspecified atom stereocenters. The minimum atomic E-state index is 0.183. The number of aromatic hydroxyl groups is 1. The zero-order valence-electron chi connectivity index (χ0n) is 9.99. The summed E-state index contributed by atoms with van der Waals surface area (Å²) in [7, 11) is 0. The van der Waals surface area contributed by atoms with E-state index in [9.17, 15) is 5.11 Å². The summed E-state index contributed by atoms with van der Waals surface area (Å²) in [6.07, 6.45) is 5.34. The number of phenols is 1. The van der Waals surface area contributed by atoms with Gasteiger partial charge >= 0.3 is 0 Å². The van der Waals surface area contributed by atoms with Gasteiger partial charge in [0.15, 0.2) is 0 Å². The van der Waals surface area contributed by atoms with E-state index >= 15 is 0 Å². The van der Waals surface area contributed by atoms with Crippen LogP contribution in [0.15, 0.2) is 61.2 Å². The van der Waals surface area contributed by atoms with Crippen molar-refractivity contribution in [1.82, 2.24) is 9.55 Å². The number of halogens is 1. The molecule has 1 heterocycles. The van der Waals surface area contributed by atoms with E-state index in [1.807, 2.05) is 35.0 Å². The summed E-state index contributed by atoms with van der Waals surface area (Å²) in [5.74, 6) is 0.183. The third-order valence-electron chi connectivity index (χ3n) is 2.95. The number of imidazole rings is 1. The van der Waals surface area contributed by atoms with Crippen molar-refractivity contribution in [3.8, 4) is 22.6 Å². The van der Waals surface area contributed by atoms with Crippen molar-refractivity contribution in [3.63, 3.8) is 0 Å². The minimum absolute atomic E-state index is 0.183. The van der Waals surface area contributed by atoms with Crippen molar-refractivity contribution in [2.45, 2.75) is 0 Å². The Bertz CT molecular complexity index is 670. The van der Waals surface area contributed by atoms with Gasteiger partial charge in [0.25, 0.3) is 0 Å². The molecule has 0 aliphatic heterocycles. The molecule has 3 rings (SSSR count). The van der Waals surface area contributed by atoms with Crippen LogP contribution in [0.25, 0.3) is 16.8 Å². The van der Waals surface area contributed by atoms with Crippen LogP contribution in [0.4, 0.5) is 0 Å². The van der Waals surface area contributed by atoms with E-state index in [2.05, 4.69) is 4.98 Å². The highest BCUT2D eigenvalue weighted by molar-refractivity contribution is 6.33. The normalized spacial score (nSPS) is 10.6. The number of nitrogens with zero attached hydrogens (tertiary/aromatic N) is 2. The largest absolute Gasteiger partial charge is 0.507 e. The summed E-state index contributed by atoms with van der Waals surface area (Å²) in [4.78, 5) is 4.01. The molecular weight excluding hydrogens is 260 g/mol. The summed E-state index contributed by atoms with van der Waals surface area (Å²) < 4.78 is 1.91. The Morgan fingerprint density at radius 3 is 2.47 bits per heavy atom. The second kappa shape index (κ2) is 4.78. The zero-order valence-corrected chi connectivity index (χ0v) is 10.7. The molecule has 0 fully saturated rings. The van der Waals surface area contributed by atoms with Crippen LogP contribution < -0.4 is 0 Å². The molecule has 3 nitrogen and oxygen atoms in total. The fraction of sp³-hybridized carbons (Fsp3) is 0. The lowest BCUT2D eigenvalue weighted by molar-refractivity contribution is 0.477. The first-order chi connectivity index (χ1) is 9.25.